The molecular weight excluding hydrogens is 382 g/mol. The van der Waals surface area contributed by atoms with E-state index in [1.165, 1.54) is 24.5 Å². The maximum Gasteiger partial charge on any atom is 0.261 e. The minimum atomic E-state index is -1.68. The van der Waals surface area contributed by atoms with E-state index >= 15 is 0 Å². The van der Waals surface area contributed by atoms with Crippen LogP contribution in [0.4, 0.5) is 5.82 Å². The largest absolute Gasteiger partial charge is 0.396 e. The van der Waals surface area contributed by atoms with E-state index in [-0.39, 0.29) is 36.5 Å². The van der Waals surface area contributed by atoms with Crippen molar-refractivity contribution in [3.63, 3.8) is 0 Å². The summed E-state index contributed by atoms with van der Waals surface area (Å²) in [5, 5.41) is 57.6. The Hall–Kier alpha value is -2.47. The molecule has 0 fully saturated rings. The zero-order chi connectivity index (χ0) is 21.4. The summed E-state index contributed by atoms with van der Waals surface area (Å²) in [6.07, 6.45) is -3.49. The first kappa shape index (κ1) is 22.8. The molecule has 6 N–H and O–H groups in total. The highest BCUT2D eigenvalue weighted by molar-refractivity contribution is 6.05. The number of amides is 1. The second-order valence-corrected chi connectivity index (χ2v) is 6.42. The number of hydrogen-bond acceptors (Lipinski definition) is 9. The molecule has 0 radical (unpaired) electrons. The molecule has 0 aliphatic heterocycles. The fourth-order valence-electron chi connectivity index (χ4n) is 2.58. The van der Waals surface area contributed by atoms with E-state index in [1.54, 1.807) is 18.2 Å². The number of aliphatic hydroxyl groups is 6. The van der Waals surface area contributed by atoms with Gasteiger partial charge in [0.05, 0.1) is 30.8 Å². The first-order valence-electron chi connectivity index (χ1n) is 9.02. The Kier molecular flexibility index (Phi) is 8.58. The van der Waals surface area contributed by atoms with E-state index < -0.39 is 37.1 Å². The molecule has 1 aromatic heterocycles. The van der Waals surface area contributed by atoms with Crippen LogP contribution in [-0.2, 0) is 6.42 Å². The third-order valence-electron chi connectivity index (χ3n) is 4.26. The summed E-state index contributed by atoms with van der Waals surface area (Å²) < 4.78 is 0. The second kappa shape index (κ2) is 10.9. The molecule has 2 aromatic rings. The molecule has 10 nitrogen and oxygen atoms in total. The summed E-state index contributed by atoms with van der Waals surface area (Å²) in [6, 6.07) is 8.08. The second-order valence-electron chi connectivity index (χ2n) is 6.42. The zero-order valence-electron chi connectivity index (χ0n) is 15.6. The Morgan fingerprint density at radius 3 is 2.17 bits per heavy atom. The molecule has 1 aromatic carbocycles. The maximum absolute atomic E-state index is 12.9. The summed E-state index contributed by atoms with van der Waals surface area (Å²) >= 11 is 0. The number of rotatable bonds is 10. The van der Waals surface area contributed by atoms with Crippen molar-refractivity contribution < 1.29 is 35.4 Å². The van der Waals surface area contributed by atoms with Crippen molar-refractivity contribution in [2.75, 3.05) is 18.1 Å². The molecule has 0 bridgehead atoms. The van der Waals surface area contributed by atoms with Gasteiger partial charge in [-0.15, -0.1) is 0 Å². The molecule has 0 aliphatic carbocycles. The number of aliphatic hydroxyl groups excluding tert-OH is 6. The summed E-state index contributed by atoms with van der Waals surface area (Å²) in [5.41, 5.74) is 0.529. The van der Waals surface area contributed by atoms with Crippen LogP contribution in [-0.4, -0.2) is 84.3 Å². The standard InChI is InChI=1S/C19H25N3O7/c23-7-6-14(25)19(29)22(18(28)12-4-2-1-3-5-12)17-10-20-13(9-21-17)8-15(26)16(27)11-24/h1-5,9-10,14-16,19,23-27,29H,6-8,11H2/t14-,15+,16-,19-/m1/s1. The highest BCUT2D eigenvalue weighted by Crippen LogP contribution is 2.19. The average molecular weight is 407 g/mol. The normalized spacial score (nSPS) is 15.4. The molecule has 4 atom stereocenters. The lowest BCUT2D eigenvalue weighted by Gasteiger charge is -2.30. The lowest BCUT2D eigenvalue weighted by Crippen LogP contribution is -2.48. The Balaban J connectivity index is 2.29. The quantitative estimate of drug-likeness (QED) is 0.255. The van der Waals surface area contributed by atoms with Crippen molar-refractivity contribution >= 4 is 11.7 Å². The van der Waals surface area contributed by atoms with Gasteiger partial charge >= 0.3 is 0 Å². The fraction of sp³-hybridized carbons (Fsp3) is 0.421. The number of nitrogens with zero attached hydrogens (tertiary/aromatic N) is 3. The van der Waals surface area contributed by atoms with Gasteiger partial charge in [0.1, 0.15) is 12.2 Å². The van der Waals surface area contributed by atoms with E-state index in [9.17, 15) is 25.2 Å². The maximum atomic E-state index is 12.9. The van der Waals surface area contributed by atoms with E-state index in [0.717, 1.165) is 4.90 Å². The van der Waals surface area contributed by atoms with Crippen LogP contribution in [0.5, 0.6) is 0 Å². The number of benzene rings is 1. The fourth-order valence-corrected chi connectivity index (χ4v) is 2.58. The summed E-state index contributed by atoms with van der Waals surface area (Å²) in [5.74, 6) is -0.683. The molecule has 0 saturated carbocycles. The van der Waals surface area contributed by atoms with Gasteiger partial charge in [0.15, 0.2) is 12.0 Å². The van der Waals surface area contributed by atoms with E-state index in [0.29, 0.717) is 0 Å². The average Bonchev–Trinajstić information content (AvgIpc) is 2.75. The van der Waals surface area contributed by atoms with Crippen LogP contribution in [0.25, 0.3) is 0 Å². The van der Waals surface area contributed by atoms with Crippen molar-refractivity contribution in [3.8, 4) is 0 Å². The molecule has 158 valence electrons. The van der Waals surface area contributed by atoms with Gasteiger partial charge in [0.2, 0.25) is 0 Å². The summed E-state index contributed by atoms with van der Waals surface area (Å²) in [4.78, 5) is 21.9. The molecule has 0 aliphatic rings. The molecule has 29 heavy (non-hydrogen) atoms. The van der Waals surface area contributed by atoms with Crippen LogP contribution in [0.3, 0.4) is 0 Å². The van der Waals surface area contributed by atoms with Gasteiger partial charge in [-0.2, -0.15) is 0 Å². The first-order chi connectivity index (χ1) is 13.9. The topological polar surface area (TPSA) is 167 Å². The number of anilines is 1. The van der Waals surface area contributed by atoms with Crippen LogP contribution in [0.2, 0.25) is 0 Å². The predicted octanol–water partition coefficient (Wildman–Crippen LogP) is -1.56. The lowest BCUT2D eigenvalue weighted by molar-refractivity contribution is -0.0137. The molecular formula is C19H25N3O7. The third-order valence-corrected chi connectivity index (χ3v) is 4.26. The molecule has 0 saturated heterocycles. The highest BCUT2D eigenvalue weighted by atomic mass is 16.4. The van der Waals surface area contributed by atoms with Gasteiger partial charge in [-0.1, -0.05) is 18.2 Å². The monoisotopic (exact) mass is 407 g/mol. The van der Waals surface area contributed by atoms with Crippen molar-refractivity contribution in [1.29, 1.82) is 0 Å². The first-order valence-corrected chi connectivity index (χ1v) is 9.02. The smallest absolute Gasteiger partial charge is 0.261 e. The molecule has 0 unspecified atom stereocenters. The van der Waals surface area contributed by atoms with Crippen LogP contribution in [0.1, 0.15) is 22.5 Å². The van der Waals surface area contributed by atoms with Crippen molar-refractivity contribution in [1.82, 2.24) is 9.97 Å². The Bertz CT molecular complexity index is 760. The summed E-state index contributed by atoms with van der Waals surface area (Å²) in [6.45, 7) is -0.998. The molecule has 10 heteroatoms. The number of carbonyl (C=O) groups is 1. The van der Waals surface area contributed by atoms with Crippen LogP contribution in [0, 0.1) is 0 Å². The Labute approximate surface area is 167 Å². The van der Waals surface area contributed by atoms with Crippen LogP contribution in [0.15, 0.2) is 42.7 Å². The van der Waals surface area contributed by atoms with Crippen LogP contribution < -0.4 is 4.90 Å². The highest BCUT2D eigenvalue weighted by Gasteiger charge is 2.31. The lowest BCUT2D eigenvalue weighted by atomic mass is 10.1. The Morgan fingerprint density at radius 1 is 0.931 bits per heavy atom. The van der Waals surface area contributed by atoms with Crippen molar-refractivity contribution in [3.05, 3.63) is 54.0 Å². The third kappa shape index (κ3) is 6.00. The van der Waals surface area contributed by atoms with Crippen LogP contribution >= 0.6 is 0 Å². The predicted molar refractivity (Wildman–Crippen MR) is 102 cm³/mol. The SMILES string of the molecule is O=C(c1ccccc1)N(c1cnc(C[C@H](O)[C@H](O)CO)cn1)[C@H](O)[C@H](O)CCO. The van der Waals surface area contributed by atoms with E-state index in [1.807, 2.05) is 0 Å². The van der Waals surface area contributed by atoms with E-state index in [4.69, 9.17) is 10.2 Å². The van der Waals surface area contributed by atoms with Gasteiger partial charge in [0.25, 0.3) is 5.91 Å². The number of hydrogen-bond donors (Lipinski definition) is 6. The van der Waals surface area contributed by atoms with Gasteiger partial charge < -0.3 is 30.6 Å². The van der Waals surface area contributed by atoms with E-state index in [2.05, 4.69) is 9.97 Å². The zero-order valence-corrected chi connectivity index (χ0v) is 15.6. The minimum Gasteiger partial charge on any atom is -0.396 e. The van der Waals surface area contributed by atoms with Gasteiger partial charge in [-0.3, -0.25) is 14.7 Å². The molecule has 1 amide bonds. The van der Waals surface area contributed by atoms with Gasteiger partial charge in [0, 0.05) is 25.0 Å². The number of aromatic nitrogens is 2. The van der Waals surface area contributed by atoms with Crippen molar-refractivity contribution in [2.45, 2.75) is 37.4 Å². The molecule has 0 spiro atoms. The van der Waals surface area contributed by atoms with Gasteiger partial charge in [-0.05, 0) is 12.1 Å². The van der Waals surface area contributed by atoms with Crippen molar-refractivity contribution in [2.24, 2.45) is 0 Å². The van der Waals surface area contributed by atoms with Gasteiger partial charge in [-0.25, -0.2) is 4.98 Å². The minimum absolute atomic E-state index is 0.0516. The summed E-state index contributed by atoms with van der Waals surface area (Å²) in [7, 11) is 0. The molecule has 1 heterocycles. The molecule has 2 rings (SSSR count). The Morgan fingerprint density at radius 2 is 1.62 bits per heavy atom. The number of carbonyl (C=O) groups excluding carboxylic acids is 1.